The van der Waals surface area contributed by atoms with Gasteiger partial charge in [-0.3, -0.25) is 0 Å². The van der Waals surface area contributed by atoms with Gasteiger partial charge in [0.1, 0.15) is 0 Å². The monoisotopic (exact) mass is 650 g/mol. The van der Waals surface area contributed by atoms with Crippen molar-refractivity contribution in [1.82, 2.24) is 19.5 Å². The maximum atomic E-state index is 5.37. The molecule has 0 saturated heterocycles. The molecule has 7 aromatic carbocycles. The molecule has 238 valence electrons. The molecule has 10 aromatic rings. The minimum absolute atomic E-state index is 0.691. The molecule has 0 N–H and O–H groups in total. The molecule has 0 radical (unpaired) electrons. The van der Waals surface area contributed by atoms with Gasteiger partial charge in [-0.25, -0.2) is 15.0 Å². The van der Waals surface area contributed by atoms with Gasteiger partial charge in [-0.1, -0.05) is 133 Å². The highest BCUT2D eigenvalue weighted by Gasteiger charge is 2.21. The van der Waals surface area contributed by atoms with E-state index in [1.165, 1.54) is 16.2 Å². The molecule has 4 nitrogen and oxygen atoms in total. The van der Waals surface area contributed by atoms with Gasteiger partial charge in [-0.2, -0.15) is 0 Å². The Hall–Kier alpha value is -6.91. The second-order valence-corrected chi connectivity index (χ2v) is 12.9. The molecule has 0 unspecified atom stereocenters. The molecule has 51 heavy (non-hydrogen) atoms. The van der Waals surface area contributed by atoms with Crippen molar-refractivity contribution in [1.29, 1.82) is 0 Å². The first kappa shape index (κ1) is 29.0. The van der Waals surface area contributed by atoms with Gasteiger partial charge < -0.3 is 4.57 Å². The fourth-order valence-electron chi connectivity index (χ4n) is 7.34. The maximum Gasteiger partial charge on any atom is 0.160 e. The van der Waals surface area contributed by atoms with Gasteiger partial charge in [0.25, 0.3) is 0 Å². The highest BCUT2D eigenvalue weighted by atomic mass is 15.0. The third-order valence-electron chi connectivity index (χ3n) is 9.76. The van der Waals surface area contributed by atoms with Crippen molar-refractivity contribution in [2.24, 2.45) is 0 Å². The molecule has 0 fully saturated rings. The summed E-state index contributed by atoms with van der Waals surface area (Å²) < 4.78 is 2.40. The zero-order valence-corrected chi connectivity index (χ0v) is 27.6. The lowest BCUT2D eigenvalue weighted by molar-refractivity contribution is 1.17. The predicted molar refractivity (Wildman–Crippen MR) is 211 cm³/mol. The van der Waals surface area contributed by atoms with Gasteiger partial charge >= 0.3 is 0 Å². The number of hydrogen-bond acceptors (Lipinski definition) is 3. The van der Waals surface area contributed by atoms with Crippen LogP contribution >= 0.6 is 0 Å². The summed E-state index contributed by atoms with van der Waals surface area (Å²) in [5.41, 5.74) is 11.3. The summed E-state index contributed by atoms with van der Waals surface area (Å²) in [5.74, 6) is 0.691. The predicted octanol–water partition coefficient (Wildman–Crippen LogP) is 11.9. The zero-order valence-electron chi connectivity index (χ0n) is 27.6. The van der Waals surface area contributed by atoms with Crippen LogP contribution in [-0.2, 0) is 0 Å². The number of rotatable bonds is 5. The Morgan fingerprint density at radius 2 is 0.941 bits per heavy atom. The van der Waals surface area contributed by atoms with Crippen molar-refractivity contribution in [3.63, 3.8) is 0 Å². The molecular formula is C47H30N4. The van der Waals surface area contributed by atoms with E-state index in [1.54, 1.807) is 0 Å². The Bertz CT molecular complexity index is 2820. The van der Waals surface area contributed by atoms with Crippen molar-refractivity contribution >= 4 is 43.5 Å². The van der Waals surface area contributed by atoms with Gasteiger partial charge in [-0.05, 0) is 59.3 Å². The van der Waals surface area contributed by atoms with Gasteiger partial charge in [0.2, 0.25) is 0 Å². The summed E-state index contributed by atoms with van der Waals surface area (Å²) in [6.07, 6.45) is 0. The molecule has 0 bridgehead atoms. The highest BCUT2D eigenvalue weighted by molar-refractivity contribution is 6.23. The molecule has 0 aliphatic rings. The first-order chi connectivity index (χ1) is 25.3. The maximum absolute atomic E-state index is 5.37. The van der Waals surface area contributed by atoms with Crippen molar-refractivity contribution < 1.29 is 0 Å². The van der Waals surface area contributed by atoms with E-state index < -0.39 is 0 Å². The first-order valence-corrected chi connectivity index (χ1v) is 17.2. The highest BCUT2D eigenvalue weighted by Crippen LogP contribution is 2.42. The van der Waals surface area contributed by atoms with E-state index in [0.29, 0.717) is 5.82 Å². The lowest BCUT2D eigenvalue weighted by Crippen LogP contribution is -1.98. The van der Waals surface area contributed by atoms with Crippen LogP contribution in [0.25, 0.3) is 94.3 Å². The van der Waals surface area contributed by atoms with Crippen molar-refractivity contribution in [3.8, 4) is 50.8 Å². The van der Waals surface area contributed by atoms with E-state index in [4.69, 9.17) is 15.0 Å². The Labute approximate surface area is 295 Å². The van der Waals surface area contributed by atoms with Crippen LogP contribution in [0.2, 0.25) is 0 Å². The Kier molecular flexibility index (Phi) is 6.78. The molecule has 0 spiro atoms. The van der Waals surface area contributed by atoms with Crippen LogP contribution in [0.3, 0.4) is 0 Å². The Morgan fingerprint density at radius 3 is 1.59 bits per heavy atom. The summed E-state index contributed by atoms with van der Waals surface area (Å²) in [5, 5.41) is 5.81. The molecular weight excluding hydrogens is 621 g/mol. The number of hydrogen-bond donors (Lipinski definition) is 0. The third-order valence-corrected chi connectivity index (χ3v) is 9.76. The second kappa shape index (κ2) is 11.9. The van der Waals surface area contributed by atoms with Crippen LogP contribution in [-0.4, -0.2) is 19.5 Å². The van der Waals surface area contributed by atoms with Crippen molar-refractivity contribution in [2.75, 3.05) is 0 Å². The Morgan fingerprint density at radius 1 is 0.392 bits per heavy atom. The zero-order chi connectivity index (χ0) is 33.7. The lowest BCUT2D eigenvalue weighted by atomic mass is 10.0. The lowest BCUT2D eigenvalue weighted by Gasteiger charge is -2.13. The fraction of sp³-hybridized carbons (Fsp3) is 0. The molecule has 0 saturated carbocycles. The summed E-state index contributed by atoms with van der Waals surface area (Å²) in [6, 6.07) is 63.6. The van der Waals surface area contributed by atoms with Crippen LogP contribution in [0.1, 0.15) is 0 Å². The minimum Gasteiger partial charge on any atom is -0.308 e. The smallest absolute Gasteiger partial charge is 0.160 e. The summed E-state index contributed by atoms with van der Waals surface area (Å²) in [4.78, 5) is 15.5. The van der Waals surface area contributed by atoms with Crippen LogP contribution in [0.4, 0.5) is 0 Å². The molecule has 4 heteroatoms. The first-order valence-electron chi connectivity index (χ1n) is 17.2. The number of fused-ring (bicyclic) bond motifs is 6. The van der Waals surface area contributed by atoms with Crippen molar-refractivity contribution in [2.45, 2.75) is 0 Å². The van der Waals surface area contributed by atoms with Gasteiger partial charge in [-0.15, -0.1) is 0 Å². The number of para-hydroxylation sites is 1. The third kappa shape index (κ3) is 4.96. The van der Waals surface area contributed by atoms with E-state index in [2.05, 4.69) is 150 Å². The van der Waals surface area contributed by atoms with E-state index in [9.17, 15) is 0 Å². The van der Waals surface area contributed by atoms with E-state index in [1.807, 2.05) is 36.4 Å². The molecule has 0 atom stereocenters. The molecule has 0 aliphatic heterocycles. The van der Waals surface area contributed by atoms with Gasteiger partial charge in [0.15, 0.2) is 5.82 Å². The quantitative estimate of drug-likeness (QED) is 0.174. The minimum atomic E-state index is 0.691. The fourth-order valence-corrected chi connectivity index (χ4v) is 7.34. The molecule has 10 rings (SSSR count). The van der Waals surface area contributed by atoms with Crippen LogP contribution < -0.4 is 0 Å². The SMILES string of the molecule is c1ccc(-c2cc(-c3ccccc3)nc(-c3ccc(-n4c5ccccc5c5c(-c6ccccc6)nc6cc7ccccc7cc6c54)cc3)n2)cc1. The van der Waals surface area contributed by atoms with Crippen LogP contribution in [0, 0.1) is 0 Å². The molecule has 0 aliphatic carbocycles. The molecule has 3 heterocycles. The molecule has 0 amide bonds. The van der Waals surface area contributed by atoms with E-state index in [-0.39, 0.29) is 0 Å². The van der Waals surface area contributed by atoms with E-state index >= 15 is 0 Å². The summed E-state index contributed by atoms with van der Waals surface area (Å²) >= 11 is 0. The average molecular weight is 651 g/mol. The Balaban J connectivity index is 1.21. The van der Waals surface area contributed by atoms with Gasteiger partial charge in [0.05, 0.1) is 33.6 Å². The van der Waals surface area contributed by atoms with Crippen molar-refractivity contribution in [3.05, 3.63) is 182 Å². The molecule has 3 aromatic heterocycles. The van der Waals surface area contributed by atoms with E-state index in [0.717, 1.165) is 72.3 Å². The van der Waals surface area contributed by atoms with Gasteiger partial charge in [0, 0.05) is 44.1 Å². The summed E-state index contributed by atoms with van der Waals surface area (Å²) in [7, 11) is 0. The average Bonchev–Trinajstić information content (AvgIpc) is 3.56. The van der Waals surface area contributed by atoms with Crippen LogP contribution in [0.15, 0.2) is 182 Å². The van der Waals surface area contributed by atoms with Crippen LogP contribution in [0.5, 0.6) is 0 Å². The normalized spacial score (nSPS) is 11.5. The number of benzene rings is 7. The number of nitrogens with zero attached hydrogens (tertiary/aromatic N) is 4. The summed E-state index contributed by atoms with van der Waals surface area (Å²) in [6.45, 7) is 0. The number of pyridine rings is 1. The largest absolute Gasteiger partial charge is 0.308 e. The standard InChI is InChI=1S/C47H30N4/c1-4-14-31(15-5-1)40-30-41(32-16-6-2-7-17-32)50-47(49-40)34-24-26-37(27-25-34)51-43-23-13-12-22-38(43)44-45(33-18-8-3-9-19-33)48-42-29-36-21-11-10-20-35(36)28-39(42)46(44)51/h1-30H. The number of aromatic nitrogens is 4. The second-order valence-electron chi connectivity index (χ2n) is 12.9. The topological polar surface area (TPSA) is 43.6 Å².